The lowest BCUT2D eigenvalue weighted by Crippen LogP contribution is -2.22. The van der Waals surface area contributed by atoms with E-state index in [9.17, 15) is 27.2 Å². The Balaban J connectivity index is 1.94. The third kappa shape index (κ3) is 4.48. The van der Waals surface area contributed by atoms with Crippen LogP contribution in [0.4, 0.5) is 23.2 Å². The highest BCUT2D eigenvalue weighted by Crippen LogP contribution is 2.33. The fourth-order valence-corrected chi connectivity index (χ4v) is 3.65. The molecule has 0 aliphatic rings. The molecule has 1 heterocycles. The molecule has 1 amide bonds. The highest BCUT2D eigenvalue weighted by molar-refractivity contribution is 14.1. The normalized spacial score (nSPS) is 11.7. The fourth-order valence-electron chi connectivity index (χ4n) is 3.04. The second-order valence-corrected chi connectivity index (χ2v) is 7.59. The van der Waals surface area contributed by atoms with Crippen LogP contribution in [-0.4, -0.2) is 22.2 Å². The van der Waals surface area contributed by atoms with E-state index in [0.717, 1.165) is 12.1 Å². The number of aromatic nitrogens is 1. The minimum absolute atomic E-state index is 0.108. The Labute approximate surface area is 181 Å². The molecule has 2 N–H and O–H groups in total. The van der Waals surface area contributed by atoms with Crippen LogP contribution in [0, 0.1) is 9.39 Å². The maximum absolute atomic E-state index is 14.2. The van der Waals surface area contributed by atoms with Gasteiger partial charge in [-0.05, 0) is 52.4 Å². The van der Waals surface area contributed by atoms with E-state index in [-0.39, 0.29) is 24.3 Å². The number of carbonyl (C=O) groups excluding carboxylic acids is 1. The molecule has 30 heavy (non-hydrogen) atoms. The zero-order valence-electron chi connectivity index (χ0n) is 15.3. The zero-order chi connectivity index (χ0) is 22.1. The van der Waals surface area contributed by atoms with Crippen LogP contribution in [-0.2, 0) is 23.9 Å². The summed E-state index contributed by atoms with van der Waals surface area (Å²) in [5.41, 5.74) is -1.88. The Morgan fingerprint density at radius 3 is 2.53 bits per heavy atom. The molecule has 0 spiro atoms. The molecule has 3 rings (SSSR count). The van der Waals surface area contributed by atoms with E-state index in [1.165, 1.54) is 10.8 Å². The van der Waals surface area contributed by atoms with Gasteiger partial charge in [0.2, 0.25) is 5.91 Å². The molecule has 158 valence electrons. The Morgan fingerprint density at radius 1 is 1.13 bits per heavy atom. The van der Waals surface area contributed by atoms with Crippen LogP contribution < -0.4 is 10.9 Å². The first-order valence-electron chi connectivity index (χ1n) is 8.70. The summed E-state index contributed by atoms with van der Waals surface area (Å²) in [7, 11) is 0. The smallest absolute Gasteiger partial charge is 0.395 e. The van der Waals surface area contributed by atoms with Crippen molar-refractivity contribution in [1.82, 2.24) is 4.57 Å². The van der Waals surface area contributed by atoms with E-state index in [2.05, 4.69) is 5.32 Å². The predicted molar refractivity (Wildman–Crippen MR) is 112 cm³/mol. The number of aliphatic hydroxyl groups excluding tert-OH is 1. The highest BCUT2D eigenvalue weighted by Gasteiger charge is 2.35. The van der Waals surface area contributed by atoms with Crippen molar-refractivity contribution in [2.75, 3.05) is 11.9 Å². The molecule has 5 nitrogen and oxygen atoms in total. The van der Waals surface area contributed by atoms with E-state index in [1.54, 1.807) is 18.2 Å². The molecule has 1 aromatic heterocycles. The van der Waals surface area contributed by atoms with E-state index in [1.807, 2.05) is 22.6 Å². The minimum Gasteiger partial charge on any atom is -0.395 e. The monoisotopic (exact) mass is 534 g/mol. The van der Waals surface area contributed by atoms with Crippen LogP contribution in [0.2, 0.25) is 0 Å². The largest absolute Gasteiger partial charge is 0.419 e. The van der Waals surface area contributed by atoms with Gasteiger partial charge in [-0.15, -0.1) is 0 Å². The number of pyridine rings is 1. The number of carbonyl (C=O) groups is 1. The molecule has 3 aromatic rings. The number of aliphatic hydroxyl groups is 1. The van der Waals surface area contributed by atoms with E-state index < -0.39 is 29.9 Å². The molecule has 0 fully saturated rings. The number of fused-ring (bicyclic) bond motifs is 1. The Hall–Kier alpha value is -2.47. The molecule has 0 unspecified atom stereocenters. The van der Waals surface area contributed by atoms with Crippen molar-refractivity contribution in [3.8, 4) is 0 Å². The minimum atomic E-state index is -4.87. The summed E-state index contributed by atoms with van der Waals surface area (Å²) in [6, 6.07) is 7.55. The fraction of sp³-hybridized carbons (Fsp3) is 0.200. The molecule has 10 heteroatoms. The van der Waals surface area contributed by atoms with Gasteiger partial charge in [-0.25, -0.2) is 4.39 Å². The Bertz CT molecular complexity index is 1180. The van der Waals surface area contributed by atoms with Gasteiger partial charge < -0.3 is 15.0 Å². The lowest BCUT2D eigenvalue weighted by Gasteiger charge is -2.14. The molecule has 2 aromatic carbocycles. The van der Waals surface area contributed by atoms with Gasteiger partial charge in [0.25, 0.3) is 5.56 Å². The first kappa shape index (κ1) is 22.2. The number of rotatable bonds is 5. The summed E-state index contributed by atoms with van der Waals surface area (Å²) in [6.07, 6.45) is -4.00. The van der Waals surface area contributed by atoms with Crippen molar-refractivity contribution in [2.45, 2.75) is 19.1 Å². The third-order valence-electron chi connectivity index (χ3n) is 4.45. The van der Waals surface area contributed by atoms with Gasteiger partial charge in [0.15, 0.2) is 0 Å². The van der Waals surface area contributed by atoms with E-state index in [0.29, 0.717) is 26.1 Å². The summed E-state index contributed by atoms with van der Waals surface area (Å²) in [5.74, 6) is -2.21. The van der Waals surface area contributed by atoms with E-state index >= 15 is 0 Å². The van der Waals surface area contributed by atoms with Crippen LogP contribution in [0.5, 0.6) is 0 Å². The first-order valence-corrected chi connectivity index (χ1v) is 9.78. The molecule has 0 saturated heterocycles. The third-order valence-corrected chi connectivity index (χ3v) is 5.35. The summed E-state index contributed by atoms with van der Waals surface area (Å²) in [4.78, 5) is 25.0. The molecule has 0 aliphatic carbocycles. The van der Waals surface area contributed by atoms with Gasteiger partial charge >= 0.3 is 6.18 Å². The van der Waals surface area contributed by atoms with Crippen LogP contribution in [0.15, 0.2) is 47.4 Å². The van der Waals surface area contributed by atoms with Gasteiger partial charge in [0.05, 0.1) is 24.3 Å². The van der Waals surface area contributed by atoms with Gasteiger partial charge in [0, 0.05) is 27.1 Å². The number of nitrogens with one attached hydrogen (secondary N) is 1. The van der Waals surface area contributed by atoms with Gasteiger partial charge in [-0.1, -0.05) is 12.1 Å². The molecular weight excluding hydrogens is 519 g/mol. The maximum Gasteiger partial charge on any atom is 0.419 e. The first-order chi connectivity index (χ1) is 14.1. The molecule has 0 aliphatic heterocycles. The summed E-state index contributed by atoms with van der Waals surface area (Å²) >= 11 is 1.95. The standard InChI is InChI=1S/C20H15F4IN2O3/c21-17-11(2-1-3-14(17)20(22,23)24)10-16(29)26-18-12-6-7-27(8-9-28)19(30)13(12)4-5-15(18)25/h1-7,28H,8-10H2,(H,26,29). The van der Waals surface area contributed by atoms with Crippen molar-refractivity contribution in [2.24, 2.45) is 0 Å². The van der Waals surface area contributed by atoms with Gasteiger partial charge in [-0.3, -0.25) is 9.59 Å². The summed E-state index contributed by atoms with van der Waals surface area (Å²) in [6.45, 7) is -0.112. The summed E-state index contributed by atoms with van der Waals surface area (Å²) in [5, 5.41) is 12.3. The van der Waals surface area contributed by atoms with E-state index in [4.69, 9.17) is 5.11 Å². The van der Waals surface area contributed by atoms with Crippen molar-refractivity contribution in [3.05, 3.63) is 73.5 Å². The number of anilines is 1. The quantitative estimate of drug-likeness (QED) is 0.385. The number of alkyl halides is 3. The lowest BCUT2D eigenvalue weighted by atomic mass is 10.1. The Kier molecular flexibility index (Phi) is 6.46. The van der Waals surface area contributed by atoms with Crippen LogP contribution in [0.25, 0.3) is 10.8 Å². The average Bonchev–Trinajstić information content (AvgIpc) is 2.67. The number of benzene rings is 2. The zero-order valence-corrected chi connectivity index (χ0v) is 17.4. The van der Waals surface area contributed by atoms with Gasteiger partial charge in [-0.2, -0.15) is 13.2 Å². The van der Waals surface area contributed by atoms with Crippen LogP contribution in [0.3, 0.4) is 0 Å². The van der Waals surface area contributed by atoms with Crippen molar-refractivity contribution >= 4 is 45.0 Å². The number of hydrogen-bond donors (Lipinski definition) is 2. The molecule has 0 saturated carbocycles. The highest BCUT2D eigenvalue weighted by atomic mass is 127. The summed E-state index contributed by atoms with van der Waals surface area (Å²) < 4.78 is 54.7. The van der Waals surface area contributed by atoms with Crippen molar-refractivity contribution in [3.63, 3.8) is 0 Å². The van der Waals surface area contributed by atoms with Gasteiger partial charge in [0.1, 0.15) is 5.82 Å². The predicted octanol–water partition coefficient (Wildman–Crippen LogP) is 3.94. The molecule has 0 atom stereocenters. The SMILES string of the molecule is O=C(Cc1cccc(C(F)(F)F)c1F)Nc1c(I)ccc2c(=O)n(CCO)ccc12. The lowest BCUT2D eigenvalue weighted by molar-refractivity contribution is -0.140. The van der Waals surface area contributed by atoms with Crippen LogP contribution in [0.1, 0.15) is 11.1 Å². The number of amides is 1. The number of halogens is 5. The average molecular weight is 534 g/mol. The second-order valence-electron chi connectivity index (χ2n) is 6.42. The molecular formula is C20H15F4IN2O3. The van der Waals surface area contributed by atoms with Crippen LogP contribution >= 0.6 is 22.6 Å². The molecule has 0 radical (unpaired) electrons. The second kappa shape index (κ2) is 8.72. The molecule has 0 bridgehead atoms. The van der Waals surface area contributed by atoms with Crippen molar-refractivity contribution < 1.29 is 27.5 Å². The van der Waals surface area contributed by atoms with Crippen molar-refractivity contribution in [1.29, 1.82) is 0 Å². The Morgan fingerprint density at radius 2 is 1.87 bits per heavy atom. The number of hydrogen-bond acceptors (Lipinski definition) is 3. The number of nitrogens with zero attached hydrogens (tertiary/aromatic N) is 1. The maximum atomic E-state index is 14.2. The topological polar surface area (TPSA) is 71.3 Å².